The fraction of sp³-hybridized carbons (Fsp3) is 0. The van der Waals surface area contributed by atoms with Gasteiger partial charge in [0, 0.05) is 0 Å². The number of nitrogens with zero attached hydrogens (tertiary/aromatic N) is 1. The van der Waals surface area contributed by atoms with Crippen LogP contribution in [0, 0.1) is 0 Å². The molecule has 0 radical (unpaired) electrons. The molecule has 78 valence electrons. The molecule has 0 spiro atoms. The van der Waals surface area contributed by atoms with E-state index in [-0.39, 0.29) is 0 Å². The zero-order valence-corrected chi connectivity index (χ0v) is 7.27. The van der Waals surface area contributed by atoms with Gasteiger partial charge in [-0.05, 0) is 4.53 Å². The first-order valence-electron chi connectivity index (χ1n) is 2.05. The largest absolute Gasteiger partial charge is 0.500 e. The Morgan fingerprint density at radius 1 is 1.46 bits per heavy atom. The zero-order chi connectivity index (χ0) is 11.1. The summed E-state index contributed by atoms with van der Waals surface area (Å²) < 4.78 is 49.7. The molecule has 0 heterocycles. The Hall–Kier alpha value is -0.670. The molecule has 13 heavy (non-hydrogen) atoms. The van der Waals surface area contributed by atoms with E-state index in [1.54, 1.807) is 0 Å². The molecule has 0 fully saturated rings. The van der Waals surface area contributed by atoms with Gasteiger partial charge in [0.25, 0.3) is 6.08 Å². The first-order chi connectivity index (χ1) is 5.62. The van der Waals surface area contributed by atoms with Crippen LogP contribution >= 0.6 is 7.82 Å². The molecule has 0 aromatic rings. The summed E-state index contributed by atoms with van der Waals surface area (Å²) in [6.07, 6.45) is 0.645. The lowest BCUT2D eigenvalue weighted by Gasteiger charge is -1.87. The average molecular weight is 239 g/mol. The third kappa shape index (κ3) is 24.6. The van der Waals surface area contributed by atoms with Crippen LogP contribution in [0.25, 0.3) is 0 Å². The number of isocyanates is 1. The quantitative estimate of drug-likeness (QED) is 0.243. The maximum atomic E-state index is 10.2. The highest BCUT2D eigenvalue weighted by Crippen LogP contribution is 2.35. The Labute approximate surface area is 70.9 Å². The summed E-state index contributed by atoms with van der Waals surface area (Å²) in [5, 5.41) is 0. The number of hydrogen-bond acceptors (Lipinski definition) is 5. The van der Waals surface area contributed by atoms with Gasteiger partial charge in [-0.1, -0.05) is 9.13 Å². The van der Waals surface area contributed by atoms with Gasteiger partial charge in [-0.15, -0.1) is 0 Å². The molecule has 0 aromatic heterocycles. The van der Waals surface area contributed by atoms with Crippen molar-refractivity contribution >= 4 is 24.2 Å². The van der Waals surface area contributed by atoms with Crippen molar-refractivity contribution in [3.63, 3.8) is 0 Å². The van der Waals surface area contributed by atoms with Gasteiger partial charge in [0.2, 0.25) is 0 Å². The Balaban J connectivity index is 0. The molecule has 0 amide bonds. The van der Waals surface area contributed by atoms with Gasteiger partial charge in [0.1, 0.15) is 0 Å². The zero-order valence-electron chi connectivity index (χ0n) is 5.56. The predicted octanol–water partition coefficient (Wildman–Crippen LogP) is -0.895. The van der Waals surface area contributed by atoms with Crippen molar-refractivity contribution in [2.75, 3.05) is 0 Å². The smallest absolute Gasteiger partial charge is 0.301 e. The molecule has 0 saturated heterocycles. The maximum Gasteiger partial charge on any atom is 0.500 e. The Morgan fingerprint density at radius 2 is 1.77 bits per heavy atom. The minimum Gasteiger partial charge on any atom is -0.301 e. The van der Waals surface area contributed by atoms with Gasteiger partial charge in [0.05, 0.1) is 0 Å². The fourth-order valence-corrected chi connectivity index (χ4v) is 0.141. The highest BCUT2D eigenvalue weighted by atomic mass is 32.2. The van der Waals surface area contributed by atoms with E-state index in [2.05, 4.69) is 4.73 Å². The molecule has 0 aliphatic rings. The number of halogens is 1. The van der Waals surface area contributed by atoms with Crippen LogP contribution in [0.15, 0.2) is 4.40 Å². The van der Waals surface area contributed by atoms with Gasteiger partial charge in [-0.25, -0.2) is 9.36 Å². The van der Waals surface area contributed by atoms with Crippen LogP contribution < -0.4 is 0 Å². The lowest BCUT2D eigenvalue weighted by molar-refractivity contribution is -0.0389. The van der Waals surface area contributed by atoms with Gasteiger partial charge in [-0.3, -0.25) is 4.55 Å². The van der Waals surface area contributed by atoms with Crippen LogP contribution in [0.4, 0.5) is 4.53 Å². The number of rotatable bonds is 2. The second-order valence-electron chi connectivity index (χ2n) is 1.19. The van der Waals surface area contributed by atoms with Crippen LogP contribution in [0.1, 0.15) is 0 Å². The van der Waals surface area contributed by atoms with Crippen LogP contribution in [0.2, 0.25) is 0 Å². The highest BCUT2D eigenvalue weighted by molar-refractivity contribution is 7.84. The van der Waals surface area contributed by atoms with Crippen LogP contribution in [0.5, 0.6) is 0 Å². The third-order valence-electron chi connectivity index (χ3n) is 0.243. The average Bonchev–Trinajstić information content (AvgIpc) is 1.84. The number of carbonyl (C=O) groups excluding carboxylic acids is 1. The SMILES string of the molecule is O=C=NS(=O)(=O)O.O=P(O)(O)OF. The van der Waals surface area contributed by atoms with Crippen LogP contribution in [0.3, 0.4) is 0 Å². The van der Waals surface area contributed by atoms with E-state index >= 15 is 0 Å². The van der Waals surface area contributed by atoms with E-state index in [1.165, 1.54) is 0 Å². The van der Waals surface area contributed by atoms with Crippen molar-refractivity contribution in [3.8, 4) is 0 Å². The molecule has 0 rings (SSSR count). The van der Waals surface area contributed by atoms with Crippen LogP contribution in [-0.4, -0.2) is 28.8 Å². The van der Waals surface area contributed by atoms with Crippen molar-refractivity contribution < 1.29 is 41.4 Å². The minimum absolute atomic E-state index is 0.645. The summed E-state index contributed by atoms with van der Waals surface area (Å²) in [6.45, 7) is 0. The molecule has 0 aromatic carbocycles. The molecular formula is CH3FNO8PS. The van der Waals surface area contributed by atoms with Crippen LogP contribution in [-0.2, 0) is 24.4 Å². The summed E-state index contributed by atoms with van der Waals surface area (Å²) in [4.78, 5) is 23.7. The molecule has 0 bridgehead atoms. The molecular weight excluding hydrogens is 236 g/mol. The summed E-state index contributed by atoms with van der Waals surface area (Å²) >= 11 is 0. The lowest BCUT2D eigenvalue weighted by Crippen LogP contribution is -1.87. The minimum atomic E-state index is -4.81. The van der Waals surface area contributed by atoms with Crippen molar-refractivity contribution in [2.24, 2.45) is 4.40 Å². The van der Waals surface area contributed by atoms with E-state index < -0.39 is 18.1 Å². The first-order valence-corrected chi connectivity index (χ1v) is 4.97. The standard InChI is InChI=1S/CHNO4S.FH2O4P/c3-1-2-7(4,5)6;1-5-6(2,3)4/h(H,4,5,6);(H2,2,3,4). The van der Waals surface area contributed by atoms with E-state index in [0.717, 1.165) is 0 Å². The molecule has 0 aliphatic heterocycles. The van der Waals surface area contributed by atoms with E-state index in [9.17, 15) is 12.9 Å². The number of phosphoric acid groups is 1. The fourth-order valence-electron chi connectivity index (χ4n) is 0.0471. The molecule has 9 nitrogen and oxygen atoms in total. The second-order valence-corrected chi connectivity index (χ2v) is 3.39. The summed E-state index contributed by atoms with van der Waals surface area (Å²) in [7, 11) is -9.29. The lowest BCUT2D eigenvalue weighted by atomic mass is 11.7. The molecule has 3 N–H and O–H groups in total. The van der Waals surface area contributed by atoms with Crippen molar-refractivity contribution in [1.82, 2.24) is 0 Å². The summed E-state index contributed by atoms with van der Waals surface area (Å²) in [5.41, 5.74) is 0. The third-order valence-corrected chi connectivity index (χ3v) is 0.728. The monoisotopic (exact) mass is 239 g/mol. The molecule has 12 heteroatoms. The summed E-state index contributed by atoms with van der Waals surface area (Å²) in [6, 6.07) is 0. The van der Waals surface area contributed by atoms with Gasteiger partial charge in [0.15, 0.2) is 0 Å². The Morgan fingerprint density at radius 3 is 1.77 bits per heavy atom. The molecule has 0 atom stereocenters. The van der Waals surface area contributed by atoms with E-state index in [4.69, 9.17) is 23.7 Å². The Bertz CT molecular complexity index is 322. The second kappa shape index (κ2) is 5.89. The maximum absolute atomic E-state index is 10.2. The van der Waals surface area contributed by atoms with Crippen molar-refractivity contribution in [1.29, 1.82) is 0 Å². The highest BCUT2D eigenvalue weighted by Gasteiger charge is 2.12. The molecule has 0 unspecified atom stereocenters. The van der Waals surface area contributed by atoms with Crippen molar-refractivity contribution in [3.05, 3.63) is 0 Å². The number of hydrogen-bond donors (Lipinski definition) is 3. The summed E-state index contributed by atoms with van der Waals surface area (Å²) in [5.74, 6) is 0. The molecule has 0 saturated carbocycles. The van der Waals surface area contributed by atoms with E-state index in [0.29, 0.717) is 6.08 Å². The Kier molecular flexibility index (Phi) is 6.72. The predicted molar refractivity (Wildman–Crippen MR) is 33.9 cm³/mol. The first kappa shape index (κ1) is 14.8. The van der Waals surface area contributed by atoms with Crippen molar-refractivity contribution in [2.45, 2.75) is 0 Å². The van der Waals surface area contributed by atoms with Gasteiger partial charge in [-0.2, -0.15) is 8.42 Å². The normalized spacial score (nSPS) is 10.8. The molecule has 0 aliphatic carbocycles. The van der Waals surface area contributed by atoms with Gasteiger partial charge >= 0.3 is 18.1 Å². The topological polar surface area (TPSA) is 151 Å². The van der Waals surface area contributed by atoms with Gasteiger partial charge < -0.3 is 9.79 Å². The van der Waals surface area contributed by atoms with E-state index in [1.807, 2.05) is 4.40 Å².